The molecule has 0 radical (unpaired) electrons. The summed E-state index contributed by atoms with van der Waals surface area (Å²) in [5, 5.41) is 15.1. The molecule has 9 heteroatoms. The van der Waals surface area contributed by atoms with Crippen LogP contribution >= 0.6 is 23.2 Å². The fourth-order valence-corrected chi connectivity index (χ4v) is 2.03. The maximum absolute atomic E-state index is 12.0. The summed E-state index contributed by atoms with van der Waals surface area (Å²) in [4.78, 5) is 11.5. The molecule has 124 valence electrons. The number of rotatable bonds is 6. The summed E-state index contributed by atoms with van der Waals surface area (Å²) < 4.78 is 36.0. The lowest BCUT2D eigenvalue weighted by Crippen LogP contribution is -2.46. The number of hydrogen-bond acceptors (Lipinski definition) is 3. The van der Waals surface area contributed by atoms with E-state index >= 15 is 0 Å². The molecule has 2 atom stereocenters. The third-order valence-electron chi connectivity index (χ3n) is 2.79. The van der Waals surface area contributed by atoms with E-state index in [1.165, 1.54) is 19.1 Å². The summed E-state index contributed by atoms with van der Waals surface area (Å²) >= 11 is 11.7. The zero-order valence-electron chi connectivity index (χ0n) is 11.5. The molecule has 1 rings (SSSR count). The molecule has 0 fully saturated rings. The molecule has 3 N–H and O–H groups in total. The van der Waals surface area contributed by atoms with E-state index in [4.69, 9.17) is 23.2 Å². The van der Waals surface area contributed by atoms with Crippen molar-refractivity contribution in [2.24, 2.45) is 0 Å². The number of nitrogens with one attached hydrogen (secondary N) is 2. The Morgan fingerprint density at radius 2 is 2.00 bits per heavy atom. The summed E-state index contributed by atoms with van der Waals surface area (Å²) in [6, 6.07) is 3.64. The van der Waals surface area contributed by atoms with Gasteiger partial charge >= 0.3 is 6.18 Å². The van der Waals surface area contributed by atoms with Crippen LogP contribution in [0.2, 0.25) is 10.0 Å². The number of amides is 1. The van der Waals surface area contributed by atoms with Gasteiger partial charge in [-0.05, 0) is 25.1 Å². The Morgan fingerprint density at radius 1 is 1.36 bits per heavy atom. The number of aliphatic hydroxyl groups is 1. The number of halogens is 5. The lowest BCUT2D eigenvalue weighted by molar-refractivity contribution is -0.139. The minimum absolute atomic E-state index is 0.0688. The van der Waals surface area contributed by atoms with Crippen LogP contribution in [0.5, 0.6) is 0 Å². The van der Waals surface area contributed by atoms with Gasteiger partial charge < -0.3 is 15.7 Å². The van der Waals surface area contributed by atoms with Crippen LogP contribution in [-0.2, 0) is 4.79 Å². The van der Waals surface area contributed by atoms with Crippen molar-refractivity contribution >= 4 is 29.1 Å². The molecule has 0 aliphatic heterocycles. The minimum Gasteiger partial charge on any atom is -0.387 e. The normalized spacial score (nSPS) is 14.5. The van der Waals surface area contributed by atoms with Gasteiger partial charge in [0.25, 0.3) is 0 Å². The minimum atomic E-state index is -4.47. The highest BCUT2D eigenvalue weighted by Crippen LogP contribution is 2.26. The van der Waals surface area contributed by atoms with Crippen molar-refractivity contribution in [2.75, 3.05) is 13.1 Å². The van der Waals surface area contributed by atoms with E-state index < -0.39 is 30.8 Å². The Balaban J connectivity index is 2.51. The highest BCUT2D eigenvalue weighted by atomic mass is 35.5. The number of carbonyl (C=O) groups excluding carboxylic acids is 1. The molecular formula is C13H15Cl2F3N2O2. The van der Waals surface area contributed by atoms with Crippen molar-refractivity contribution in [3.05, 3.63) is 33.8 Å². The van der Waals surface area contributed by atoms with Crippen molar-refractivity contribution in [1.82, 2.24) is 10.6 Å². The van der Waals surface area contributed by atoms with Crippen LogP contribution in [0.4, 0.5) is 13.2 Å². The van der Waals surface area contributed by atoms with E-state index in [0.717, 1.165) is 0 Å². The predicted octanol–water partition coefficient (Wildman–Crippen LogP) is 2.68. The van der Waals surface area contributed by atoms with Gasteiger partial charge in [0.2, 0.25) is 5.91 Å². The van der Waals surface area contributed by atoms with E-state index in [2.05, 4.69) is 5.32 Å². The van der Waals surface area contributed by atoms with Crippen molar-refractivity contribution in [1.29, 1.82) is 0 Å². The summed E-state index contributed by atoms with van der Waals surface area (Å²) in [7, 11) is 0. The Hall–Kier alpha value is -1.02. The number of alkyl halides is 3. The zero-order valence-corrected chi connectivity index (χ0v) is 13.1. The monoisotopic (exact) mass is 358 g/mol. The van der Waals surface area contributed by atoms with Gasteiger partial charge in [-0.3, -0.25) is 4.79 Å². The van der Waals surface area contributed by atoms with Crippen LogP contribution in [0.15, 0.2) is 18.2 Å². The van der Waals surface area contributed by atoms with E-state index in [1.54, 1.807) is 11.4 Å². The topological polar surface area (TPSA) is 61.4 Å². The number of carbonyl (C=O) groups is 1. The first kappa shape index (κ1) is 19.0. The summed E-state index contributed by atoms with van der Waals surface area (Å²) in [5.41, 5.74) is 0.365. The second-order valence-corrected chi connectivity index (χ2v) is 5.49. The van der Waals surface area contributed by atoms with Crippen molar-refractivity contribution in [3.8, 4) is 0 Å². The van der Waals surface area contributed by atoms with E-state index in [1.807, 2.05) is 0 Å². The fraction of sp³-hybridized carbons (Fsp3) is 0.462. The highest BCUT2D eigenvalue weighted by molar-refractivity contribution is 6.33. The number of benzene rings is 1. The molecule has 0 aliphatic rings. The van der Waals surface area contributed by atoms with Crippen LogP contribution < -0.4 is 10.6 Å². The van der Waals surface area contributed by atoms with Crippen molar-refractivity contribution in [2.45, 2.75) is 25.2 Å². The molecule has 22 heavy (non-hydrogen) atoms. The second kappa shape index (κ2) is 8.01. The molecule has 0 heterocycles. The predicted molar refractivity (Wildman–Crippen MR) is 78.0 cm³/mol. The maximum atomic E-state index is 12.0. The molecule has 1 amide bonds. The molecule has 0 saturated heterocycles. The van der Waals surface area contributed by atoms with Gasteiger partial charge in [0, 0.05) is 22.2 Å². The molecule has 1 aromatic rings. The Labute approximate surface area is 135 Å². The Kier molecular flexibility index (Phi) is 6.93. The fourth-order valence-electron chi connectivity index (χ4n) is 1.60. The Bertz CT molecular complexity index is 526. The van der Waals surface area contributed by atoms with E-state index in [0.29, 0.717) is 15.6 Å². The second-order valence-electron chi connectivity index (χ2n) is 4.64. The molecule has 0 aromatic heterocycles. The Morgan fingerprint density at radius 3 is 2.59 bits per heavy atom. The van der Waals surface area contributed by atoms with Gasteiger partial charge in [-0.25, -0.2) is 0 Å². The average molecular weight is 359 g/mol. The molecule has 0 aliphatic carbocycles. The molecule has 2 unspecified atom stereocenters. The first-order valence-electron chi connectivity index (χ1n) is 6.31. The maximum Gasteiger partial charge on any atom is 0.405 e. The number of hydrogen-bond donors (Lipinski definition) is 3. The molecule has 1 aromatic carbocycles. The van der Waals surface area contributed by atoms with Crippen LogP contribution in [0.1, 0.15) is 18.6 Å². The molecular weight excluding hydrogens is 344 g/mol. The van der Waals surface area contributed by atoms with Crippen LogP contribution in [0, 0.1) is 0 Å². The quantitative estimate of drug-likeness (QED) is 0.732. The van der Waals surface area contributed by atoms with Crippen LogP contribution in [0.3, 0.4) is 0 Å². The van der Waals surface area contributed by atoms with Crippen molar-refractivity contribution < 1.29 is 23.1 Å². The smallest absolute Gasteiger partial charge is 0.387 e. The van der Waals surface area contributed by atoms with Gasteiger partial charge in [-0.1, -0.05) is 23.2 Å². The van der Waals surface area contributed by atoms with Gasteiger partial charge in [-0.15, -0.1) is 0 Å². The average Bonchev–Trinajstić information content (AvgIpc) is 2.43. The van der Waals surface area contributed by atoms with Crippen LogP contribution in [-0.4, -0.2) is 36.3 Å². The van der Waals surface area contributed by atoms with Gasteiger partial charge in [0.1, 0.15) is 6.54 Å². The van der Waals surface area contributed by atoms with Gasteiger partial charge in [-0.2, -0.15) is 13.2 Å². The molecule has 0 bridgehead atoms. The zero-order chi connectivity index (χ0) is 16.9. The standard InChI is InChI=1S/C13H15Cl2F3N2O2/c1-7(12(22)20-6-13(16,17)18)19-5-11(21)9-4-8(14)2-3-10(9)15/h2-4,7,11,19,21H,5-6H2,1H3,(H,20,22). The van der Waals surface area contributed by atoms with Gasteiger partial charge in [0.15, 0.2) is 0 Å². The van der Waals surface area contributed by atoms with E-state index in [-0.39, 0.29) is 6.54 Å². The third kappa shape index (κ3) is 6.39. The lowest BCUT2D eigenvalue weighted by Gasteiger charge is -2.18. The van der Waals surface area contributed by atoms with E-state index in [9.17, 15) is 23.1 Å². The first-order chi connectivity index (χ1) is 10.1. The first-order valence-corrected chi connectivity index (χ1v) is 7.06. The summed E-state index contributed by atoms with van der Waals surface area (Å²) in [5.74, 6) is -0.818. The SMILES string of the molecule is CC(NCC(O)c1cc(Cl)ccc1Cl)C(=O)NCC(F)(F)F. The molecule has 0 saturated carbocycles. The van der Waals surface area contributed by atoms with Crippen molar-refractivity contribution in [3.63, 3.8) is 0 Å². The highest BCUT2D eigenvalue weighted by Gasteiger charge is 2.28. The third-order valence-corrected chi connectivity index (χ3v) is 3.37. The summed E-state index contributed by atoms with van der Waals surface area (Å²) in [6.45, 7) is -0.0841. The lowest BCUT2D eigenvalue weighted by atomic mass is 10.1. The van der Waals surface area contributed by atoms with Crippen LogP contribution in [0.25, 0.3) is 0 Å². The summed E-state index contributed by atoms with van der Waals surface area (Å²) in [6.07, 6.45) is -5.52. The molecule has 4 nitrogen and oxygen atoms in total. The largest absolute Gasteiger partial charge is 0.405 e. The number of aliphatic hydroxyl groups excluding tert-OH is 1. The molecule has 0 spiro atoms. The van der Waals surface area contributed by atoms with Gasteiger partial charge in [0.05, 0.1) is 12.1 Å².